The quantitative estimate of drug-likeness (QED) is 0.777. The highest BCUT2D eigenvalue weighted by Gasteiger charge is 2.09. The third-order valence-electron chi connectivity index (χ3n) is 2.35. The lowest BCUT2D eigenvalue weighted by Crippen LogP contribution is -2.01. The predicted octanol–water partition coefficient (Wildman–Crippen LogP) is 4.38. The number of hydrogen-bond donors (Lipinski definition) is 1. The number of H-pyrrole nitrogens is 1. The molecule has 0 bridgehead atoms. The Bertz CT molecular complexity index is 682. The molecule has 0 unspecified atom stereocenters. The highest BCUT2D eigenvalue weighted by Crippen LogP contribution is 2.31. The minimum Gasteiger partial charge on any atom is -0.435 e. The Kier molecular flexibility index (Phi) is 3.39. The molecule has 0 saturated heterocycles. The summed E-state index contributed by atoms with van der Waals surface area (Å²) in [6.45, 7) is -2.82. The zero-order valence-electron chi connectivity index (χ0n) is 9.47. The third-order valence-corrected chi connectivity index (χ3v) is 4.27. The first-order chi connectivity index (χ1) is 9.20. The van der Waals surface area contributed by atoms with E-state index in [1.54, 1.807) is 17.4 Å². The summed E-state index contributed by atoms with van der Waals surface area (Å²) in [5.41, 5.74) is 1.40. The van der Waals surface area contributed by atoms with Crippen LogP contribution in [-0.2, 0) is 0 Å². The van der Waals surface area contributed by atoms with Crippen molar-refractivity contribution in [1.82, 2.24) is 9.97 Å². The first-order valence-corrected chi connectivity index (χ1v) is 7.06. The predicted molar refractivity (Wildman–Crippen MR) is 71.2 cm³/mol. The van der Waals surface area contributed by atoms with E-state index in [0.717, 1.165) is 14.9 Å². The molecule has 0 aliphatic rings. The summed E-state index contributed by atoms with van der Waals surface area (Å²) in [7, 11) is 0. The fourth-order valence-electron chi connectivity index (χ4n) is 1.61. The number of imidazole rings is 1. The average Bonchev–Trinajstić information content (AvgIpc) is 2.97. The van der Waals surface area contributed by atoms with E-state index in [0.29, 0.717) is 5.52 Å². The van der Waals surface area contributed by atoms with Crippen molar-refractivity contribution in [3.63, 3.8) is 0 Å². The van der Waals surface area contributed by atoms with Gasteiger partial charge in [0.2, 0.25) is 0 Å². The monoisotopic (exact) mass is 298 g/mol. The van der Waals surface area contributed by atoms with Crippen molar-refractivity contribution in [2.75, 3.05) is 0 Å². The number of aromatic amines is 1. The first kappa shape index (κ1) is 12.4. The Morgan fingerprint density at radius 2 is 2.21 bits per heavy atom. The van der Waals surface area contributed by atoms with Crippen LogP contribution >= 0.6 is 23.1 Å². The van der Waals surface area contributed by atoms with Crippen molar-refractivity contribution in [1.29, 1.82) is 0 Å². The Hall–Kier alpha value is -1.60. The molecular weight excluding hydrogens is 290 g/mol. The lowest BCUT2D eigenvalue weighted by atomic mass is 10.3. The summed E-state index contributed by atoms with van der Waals surface area (Å²) in [5, 5.41) is 2.71. The van der Waals surface area contributed by atoms with Crippen LogP contribution in [0, 0.1) is 0 Å². The summed E-state index contributed by atoms with van der Waals surface area (Å²) < 4.78 is 29.7. The number of rotatable bonds is 4. The van der Waals surface area contributed by atoms with E-state index in [4.69, 9.17) is 0 Å². The molecule has 3 rings (SSSR count). The van der Waals surface area contributed by atoms with E-state index in [1.807, 2.05) is 17.5 Å². The Balaban J connectivity index is 1.88. The van der Waals surface area contributed by atoms with Gasteiger partial charge < -0.3 is 9.72 Å². The van der Waals surface area contributed by atoms with Crippen LogP contribution in [0.3, 0.4) is 0 Å². The molecule has 1 N–H and O–H groups in total. The third kappa shape index (κ3) is 2.87. The van der Waals surface area contributed by atoms with E-state index >= 15 is 0 Å². The van der Waals surface area contributed by atoms with Crippen molar-refractivity contribution in [3.05, 3.63) is 35.7 Å². The van der Waals surface area contributed by atoms with Crippen molar-refractivity contribution < 1.29 is 13.5 Å². The second-order valence-electron chi connectivity index (χ2n) is 3.63. The number of benzene rings is 1. The number of halogens is 2. The number of ether oxygens (including phenoxy) is 1. The zero-order chi connectivity index (χ0) is 13.2. The van der Waals surface area contributed by atoms with Crippen LogP contribution in [0.2, 0.25) is 0 Å². The Morgan fingerprint density at radius 3 is 2.95 bits per heavy atom. The second kappa shape index (κ2) is 5.18. The van der Waals surface area contributed by atoms with E-state index in [9.17, 15) is 8.78 Å². The number of hydrogen-bond acceptors (Lipinski definition) is 4. The highest BCUT2D eigenvalue weighted by atomic mass is 32.2. The molecule has 0 spiro atoms. The Labute approximate surface area is 115 Å². The number of fused-ring (bicyclic) bond motifs is 1. The fraction of sp³-hybridized carbons (Fsp3) is 0.0833. The van der Waals surface area contributed by atoms with Crippen LogP contribution in [0.15, 0.2) is 45.1 Å². The summed E-state index contributed by atoms with van der Waals surface area (Å²) in [5.74, 6) is 0.124. The van der Waals surface area contributed by atoms with E-state index in [1.165, 1.54) is 23.9 Å². The van der Waals surface area contributed by atoms with Gasteiger partial charge in [0.15, 0.2) is 5.16 Å². The standard InChI is InChI=1S/C12H8F2N2OS2/c13-11(14)17-7-3-4-8-9(6-7)16-12(15-8)19-10-2-1-5-18-10/h1-6,11H,(H,15,16). The van der Waals surface area contributed by atoms with Gasteiger partial charge in [0.25, 0.3) is 0 Å². The van der Waals surface area contributed by atoms with Gasteiger partial charge in [-0.25, -0.2) is 4.98 Å². The maximum absolute atomic E-state index is 12.1. The lowest BCUT2D eigenvalue weighted by Gasteiger charge is -2.02. The van der Waals surface area contributed by atoms with Crippen molar-refractivity contribution >= 4 is 34.1 Å². The summed E-state index contributed by atoms with van der Waals surface area (Å²) in [6, 6.07) is 8.61. The van der Waals surface area contributed by atoms with Gasteiger partial charge in [-0.15, -0.1) is 11.3 Å². The minimum absolute atomic E-state index is 0.124. The van der Waals surface area contributed by atoms with Crippen molar-refractivity contribution in [2.45, 2.75) is 16.0 Å². The van der Waals surface area contributed by atoms with Gasteiger partial charge in [-0.2, -0.15) is 8.78 Å². The largest absolute Gasteiger partial charge is 0.435 e. The normalized spacial score (nSPS) is 11.3. The summed E-state index contributed by atoms with van der Waals surface area (Å²) in [6.07, 6.45) is 0. The van der Waals surface area contributed by atoms with Crippen LogP contribution in [0.1, 0.15) is 0 Å². The molecule has 0 aliphatic carbocycles. The number of nitrogens with one attached hydrogen (secondary N) is 1. The molecule has 7 heteroatoms. The number of aromatic nitrogens is 2. The van der Waals surface area contributed by atoms with E-state index in [-0.39, 0.29) is 5.75 Å². The summed E-state index contributed by atoms with van der Waals surface area (Å²) in [4.78, 5) is 7.46. The van der Waals surface area contributed by atoms with Gasteiger partial charge in [-0.1, -0.05) is 6.07 Å². The maximum Gasteiger partial charge on any atom is 0.387 e. The number of alkyl halides is 2. The molecule has 0 saturated carbocycles. The molecule has 2 heterocycles. The number of nitrogens with zero attached hydrogens (tertiary/aromatic N) is 1. The van der Waals surface area contributed by atoms with E-state index in [2.05, 4.69) is 14.7 Å². The first-order valence-electron chi connectivity index (χ1n) is 5.36. The van der Waals surface area contributed by atoms with Gasteiger partial charge in [0.05, 0.1) is 15.2 Å². The van der Waals surface area contributed by atoms with Crippen molar-refractivity contribution in [3.8, 4) is 5.75 Å². The molecule has 1 aromatic carbocycles. The SMILES string of the molecule is FC(F)Oc1ccc2nc(Sc3cccs3)[nH]c2c1. The van der Waals surface area contributed by atoms with Crippen LogP contribution in [-0.4, -0.2) is 16.6 Å². The lowest BCUT2D eigenvalue weighted by molar-refractivity contribution is -0.0497. The molecule has 2 aromatic heterocycles. The maximum atomic E-state index is 12.1. The molecule has 0 fully saturated rings. The van der Waals surface area contributed by atoms with Gasteiger partial charge in [-0.05, 0) is 35.3 Å². The van der Waals surface area contributed by atoms with Crippen LogP contribution in [0.25, 0.3) is 11.0 Å². The van der Waals surface area contributed by atoms with Crippen molar-refractivity contribution in [2.24, 2.45) is 0 Å². The van der Waals surface area contributed by atoms with Gasteiger partial charge in [-0.3, -0.25) is 0 Å². The molecule has 0 atom stereocenters. The minimum atomic E-state index is -2.82. The highest BCUT2D eigenvalue weighted by molar-refractivity contribution is 8.01. The van der Waals surface area contributed by atoms with E-state index < -0.39 is 6.61 Å². The smallest absolute Gasteiger partial charge is 0.387 e. The second-order valence-corrected chi connectivity index (χ2v) is 5.87. The molecule has 0 radical (unpaired) electrons. The zero-order valence-corrected chi connectivity index (χ0v) is 11.1. The molecule has 0 aliphatic heterocycles. The average molecular weight is 298 g/mol. The summed E-state index contributed by atoms with van der Waals surface area (Å²) >= 11 is 3.12. The molecule has 3 aromatic rings. The van der Waals surface area contributed by atoms with Gasteiger partial charge in [0.1, 0.15) is 5.75 Å². The van der Waals surface area contributed by atoms with Gasteiger partial charge in [0, 0.05) is 6.07 Å². The number of thiophene rings is 1. The van der Waals surface area contributed by atoms with Crippen LogP contribution in [0.5, 0.6) is 5.75 Å². The van der Waals surface area contributed by atoms with Crippen LogP contribution < -0.4 is 4.74 Å². The topological polar surface area (TPSA) is 37.9 Å². The molecule has 0 amide bonds. The molecule has 3 nitrogen and oxygen atoms in total. The Morgan fingerprint density at radius 1 is 1.32 bits per heavy atom. The fourth-order valence-corrected chi connectivity index (χ4v) is 3.29. The van der Waals surface area contributed by atoms with Gasteiger partial charge >= 0.3 is 6.61 Å². The molecule has 19 heavy (non-hydrogen) atoms. The molecule has 98 valence electrons. The molecular formula is C12H8F2N2OS2. The van der Waals surface area contributed by atoms with Crippen LogP contribution in [0.4, 0.5) is 8.78 Å².